The number of anilines is 4. The lowest BCUT2D eigenvalue weighted by atomic mass is 10.2. The maximum absolute atomic E-state index is 12.6. The molecule has 27 heavy (non-hydrogen) atoms. The Bertz CT molecular complexity index is 1000. The summed E-state index contributed by atoms with van der Waals surface area (Å²) in [5.74, 6) is 0.468. The molecule has 1 amide bonds. The molecule has 2 heterocycles. The highest BCUT2D eigenvalue weighted by atomic mass is 32.2. The van der Waals surface area contributed by atoms with Crippen molar-refractivity contribution in [1.29, 1.82) is 5.26 Å². The molecule has 0 bridgehead atoms. The van der Waals surface area contributed by atoms with Crippen molar-refractivity contribution in [1.82, 2.24) is 10.2 Å². The smallest absolute Gasteiger partial charge is 0.269 e. The number of thiophene rings is 1. The van der Waals surface area contributed by atoms with Crippen molar-refractivity contribution in [3.63, 3.8) is 0 Å². The molecule has 0 aliphatic carbocycles. The Hall–Kier alpha value is -2.61. The Balaban J connectivity index is 1.82. The van der Waals surface area contributed by atoms with E-state index >= 15 is 0 Å². The predicted octanol–water partition coefficient (Wildman–Crippen LogP) is 4.47. The largest absolute Gasteiger partial charge is 0.396 e. The number of carbonyl (C=O) groups is 1. The fourth-order valence-electron chi connectivity index (χ4n) is 2.18. The molecule has 0 spiro atoms. The van der Waals surface area contributed by atoms with E-state index in [-0.39, 0.29) is 16.1 Å². The predicted molar refractivity (Wildman–Crippen MR) is 112 cm³/mol. The standard InChI is InChI=1S/C17H16N6OS3/c1-3-25-17-23-22-16(27-17)21-14(24)13-12(19)11(8-18)15(26-13)20-10-6-4-9(2)5-7-10/h4-7,20H,3,19H2,1-2H3,(H,21,22,24). The molecular weight excluding hydrogens is 400 g/mol. The average Bonchev–Trinajstić information content (AvgIpc) is 3.21. The summed E-state index contributed by atoms with van der Waals surface area (Å²) in [7, 11) is 0. The molecule has 0 aliphatic rings. The summed E-state index contributed by atoms with van der Waals surface area (Å²) in [5, 5.41) is 24.2. The van der Waals surface area contributed by atoms with E-state index in [2.05, 4.69) is 26.9 Å². The molecule has 0 unspecified atom stereocenters. The lowest BCUT2D eigenvalue weighted by molar-refractivity contribution is 0.103. The van der Waals surface area contributed by atoms with Gasteiger partial charge in [0, 0.05) is 5.69 Å². The van der Waals surface area contributed by atoms with Gasteiger partial charge in [0.1, 0.15) is 21.5 Å². The van der Waals surface area contributed by atoms with Gasteiger partial charge in [0.15, 0.2) is 4.34 Å². The molecular formula is C17H16N6OS3. The first-order chi connectivity index (χ1) is 13.0. The summed E-state index contributed by atoms with van der Waals surface area (Å²) in [6.07, 6.45) is 0. The van der Waals surface area contributed by atoms with Gasteiger partial charge in [-0.25, -0.2) is 0 Å². The molecule has 10 heteroatoms. The number of hydrogen-bond donors (Lipinski definition) is 3. The van der Waals surface area contributed by atoms with Crippen LogP contribution in [-0.4, -0.2) is 21.9 Å². The van der Waals surface area contributed by atoms with E-state index < -0.39 is 5.91 Å². The van der Waals surface area contributed by atoms with E-state index in [4.69, 9.17) is 5.73 Å². The summed E-state index contributed by atoms with van der Waals surface area (Å²) in [5.41, 5.74) is 8.40. The van der Waals surface area contributed by atoms with Crippen LogP contribution in [-0.2, 0) is 0 Å². The van der Waals surface area contributed by atoms with Crippen molar-refractivity contribution in [2.45, 2.75) is 18.2 Å². The number of nitrogen functional groups attached to an aromatic ring is 1. The van der Waals surface area contributed by atoms with E-state index in [0.29, 0.717) is 10.1 Å². The highest BCUT2D eigenvalue weighted by molar-refractivity contribution is 8.01. The molecule has 4 N–H and O–H groups in total. The van der Waals surface area contributed by atoms with E-state index in [1.165, 1.54) is 11.3 Å². The minimum Gasteiger partial charge on any atom is -0.396 e. The third kappa shape index (κ3) is 4.39. The molecule has 138 valence electrons. The molecule has 7 nitrogen and oxygen atoms in total. The van der Waals surface area contributed by atoms with Crippen LogP contribution in [0.1, 0.15) is 27.7 Å². The van der Waals surface area contributed by atoms with Crippen molar-refractivity contribution in [3.05, 3.63) is 40.3 Å². The number of nitrogens with one attached hydrogen (secondary N) is 2. The molecule has 0 radical (unpaired) electrons. The number of aromatic nitrogens is 2. The lowest BCUT2D eigenvalue weighted by Crippen LogP contribution is -2.12. The Morgan fingerprint density at radius 2 is 2.04 bits per heavy atom. The minimum atomic E-state index is -0.407. The van der Waals surface area contributed by atoms with Crippen molar-refractivity contribution in [2.75, 3.05) is 22.1 Å². The van der Waals surface area contributed by atoms with Crippen LogP contribution >= 0.6 is 34.4 Å². The fourth-order valence-corrected chi connectivity index (χ4v) is 4.81. The van der Waals surface area contributed by atoms with Crippen molar-refractivity contribution in [2.24, 2.45) is 0 Å². The Morgan fingerprint density at radius 1 is 1.30 bits per heavy atom. The third-order valence-corrected chi connectivity index (χ3v) is 6.44. The van der Waals surface area contributed by atoms with Gasteiger partial charge in [-0.05, 0) is 24.8 Å². The van der Waals surface area contributed by atoms with Crippen LogP contribution in [0.4, 0.5) is 21.5 Å². The monoisotopic (exact) mass is 416 g/mol. The second-order valence-corrected chi connectivity index (χ2v) is 8.92. The summed E-state index contributed by atoms with van der Waals surface area (Å²) in [6, 6.07) is 9.79. The van der Waals surface area contributed by atoms with Crippen LogP contribution < -0.4 is 16.4 Å². The average molecular weight is 417 g/mol. The lowest BCUT2D eigenvalue weighted by Gasteiger charge is -2.04. The van der Waals surface area contributed by atoms with E-state index in [0.717, 1.165) is 32.7 Å². The molecule has 3 aromatic rings. The third-order valence-electron chi connectivity index (χ3n) is 3.47. The SMILES string of the molecule is CCSc1nnc(NC(=O)c2sc(Nc3ccc(C)cc3)c(C#N)c2N)s1. The van der Waals surface area contributed by atoms with Crippen molar-refractivity contribution < 1.29 is 4.79 Å². The molecule has 0 saturated heterocycles. The normalized spacial score (nSPS) is 10.4. The number of amides is 1. The van der Waals surface area contributed by atoms with Crippen LogP contribution in [0.25, 0.3) is 0 Å². The van der Waals surface area contributed by atoms with Crippen molar-refractivity contribution >= 4 is 61.9 Å². The second kappa shape index (κ2) is 8.39. The molecule has 3 rings (SSSR count). The van der Waals surface area contributed by atoms with Gasteiger partial charge in [0.05, 0.1) is 5.69 Å². The summed E-state index contributed by atoms with van der Waals surface area (Å²) in [4.78, 5) is 12.9. The minimum absolute atomic E-state index is 0.155. The summed E-state index contributed by atoms with van der Waals surface area (Å²) in [6.45, 7) is 4.01. The fraction of sp³-hybridized carbons (Fsp3) is 0.176. The number of aryl methyl sites for hydroxylation is 1. The molecule has 0 saturated carbocycles. The van der Waals surface area contributed by atoms with E-state index in [1.807, 2.05) is 38.1 Å². The molecule has 0 atom stereocenters. The summed E-state index contributed by atoms with van der Waals surface area (Å²) < 4.78 is 0.784. The van der Waals surface area contributed by atoms with Crippen LogP contribution in [0.2, 0.25) is 0 Å². The maximum atomic E-state index is 12.6. The van der Waals surface area contributed by atoms with E-state index in [1.54, 1.807) is 11.8 Å². The van der Waals surface area contributed by atoms with Gasteiger partial charge in [-0.2, -0.15) is 5.26 Å². The van der Waals surface area contributed by atoms with Gasteiger partial charge < -0.3 is 11.1 Å². The topological polar surface area (TPSA) is 117 Å². The number of nitriles is 1. The Labute approximate surface area is 168 Å². The number of nitrogens with zero attached hydrogens (tertiary/aromatic N) is 3. The number of hydrogen-bond acceptors (Lipinski definition) is 9. The Kier molecular flexibility index (Phi) is 5.95. The zero-order valence-electron chi connectivity index (χ0n) is 14.6. The first-order valence-corrected chi connectivity index (χ1v) is 10.6. The van der Waals surface area contributed by atoms with Gasteiger partial charge in [0.2, 0.25) is 5.13 Å². The number of benzene rings is 1. The van der Waals surface area contributed by atoms with E-state index in [9.17, 15) is 10.1 Å². The Morgan fingerprint density at radius 3 is 2.70 bits per heavy atom. The maximum Gasteiger partial charge on any atom is 0.269 e. The van der Waals surface area contributed by atoms with Gasteiger partial charge in [0.25, 0.3) is 5.91 Å². The molecule has 1 aromatic carbocycles. The molecule has 2 aromatic heterocycles. The number of thioether (sulfide) groups is 1. The van der Waals surface area contributed by atoms with Gasteiger partial charge >= 0.3 is 0 Å². The molecule has 0 aliphatic heterocycles. The quantitative estimate of drug-likeness (QED) is 0.401. The van der Waals surface area contributed by atoms with Gasteiger partial charge in [-0.3, -0.25) is 10.1 Å². The number of carbonyl (C=O) groups excluding carboxylic acids is 1. The first kappa shape index (κ1) is 19.2. The summed E-state index contributed by atoms with van der Waals surface area (Å²) >= 11 is 3.99. The van der Waals surface area contributed by atoms with Crippen LogP contribution in [0.3, 0.4) is 0 Å². The molecule has 0 fully saturated rings. The van der Waals surface area contributed by atoms with Crippen LogP contribution in [0.15, 0.2) is 28.6 Å². The van der Waals surface area contributed by atoms with Crippen molar-refractivity contribution in [3.8, 4) is 6.07 Å². The zero-order chi connectivity index (χ0) is 19.4. The van der Waals surface area contributed by atoms with Gasteiger partial charge in [-0.15, -0.1) is 21.5 Å². The second-order valence-electron chi connectivity index (χ2n) is 5.41. The highest BCUT2D eigenvalue weighted by Gasteiger charge is 2.22. The highest BCUT2D eigenvalue weighted by Crippen LogP contribution is 2.37. The first-order valence-electron chi connectivity index (χ1n) is 7.95. The number of rotatable bonds is 6. The number of nitrogens with two attached hydrogens (primary N) is 1. The zero-order valence-corrected chi connectivity index (χ0v) is 17.0. The van der Waals surface area contributed by atoms with Crippen LogP contribution in [0, 0.1) is 18.3 Å². The van der Waals surface area contributed by atoms with Gasteiger partial charge in [-0.1, -0.05) is 47.7 Å². The van der Waals surface area contributed by atoms with Crippen LogP contribution in [0.5, 0.6) is 0 Å².